The van der Waals surface area contributed by atoms with Gasteiger partial charge in [-0.25, -0.2) is 4.98 Å². The Morgan fingerprint density at radius 1 is 1.11 bits per heavy atom. The van der Waals surface area contributed by atoms with Gasteiger partial charge in [0.25, 0.3) is 0 Å². The van der Waals surface area contributed by atoms with Crippen molar-refractivity contribution in [3.63, 3.8) is 0 Å². The van der Waals surface area contributed by atoms with E-state index >= 15 is 0 Å². The van der Waals surface area contributed by atoms with Gasteiger partial charge in [-0.2, -0.15) is 13.2 Å². The molecule has 1 fully saturated rings. The van der Waals surface area contributed by atoms with Gasteiger partial charge in [-0.3, -0.25) is 9.59 Å². The zero-order valence-corrected chi connectivity index (χ0v) is 21.6. The number of hydrogen-bond acceptors (Lipinski definition) is 3. The normalized spacial score (nSPS) is 20.4. The minimum atomic E-state index is -4.20. The average molecular weight is 524 g/mol. The zero-order chi connectivity index (χ0) is 26.7. The number of carbonyl (C=O) groups excluding carboxylic acids is 2. The van der Waals surface area contributed by atoms with Crippen LogP contribution in [0, 0.1) is 5.41 Å². The molecule has 1 atom stereocenters. The Morgan fingerprint density at radius 3 is 2.53 bits per heavy atom. The van der Waals surface area contributed by atoms with E-state index < -0.39 is 23.9 Å². The molecule has 3 aromatic rings. The smallest absolute Gasteiger partial charge is 0.341 e. The maximum Gasteiger partial charge on any atom is 0.389 e. The summed E-state index contributed by atoms with van der Waals surface area (Å²) in [5, 5.41) is 2.17. The Morgan fingerprint density at radius 2 is 1.82 bits per heavy atom. The number of benzene rings is 2. The zero-order valence-electron chi connectivity index (χ0n) is 21.6. The lowest BCUT2D eigenvalue weighted by Crippen LogP contribution is -2.65. The highest BCUT2D eigenvalue weighted by Gasteiger charge is 2.55. The molecule has 8 heteroatoms. The number of amides is 1. The number of ketones is 1. The average Bonchev–Trinajstić information content (AvgIpc) is 3.19. The second-order valence-corrected chi connectivity index (χ2v) is 11.4. The monoisotopic (exact) mass is 523 g/mol. The Bertz CT molecular complexity index is 1420. The first-order valence-corrected chi connectivity index (χ1v) is 13.6. The number of hydrogen-bond donors (Lipinski definition) is 0. The topological polar surface area (TPSA) is 55.2 Å². The van der Waals surface area contributed by atoms with Crippen molar-refractivity contribution >= 4 is 22.5 Å². The van der Waals surface area contributed by atoms with Crippen LogP contribution in [0.25, 0.3) is 10.8 Å². The van der Waals surface area contributed by atoms with Crippen LogP contribution in [0.2, 0.25) is 0 Å². The summed E-state index contributed by atoms with van der Waals surface area (Å²) < 4.78 is 40.9. The van der Waals surface area contributed by atoms with E-state index in [1.807, 2.05) is 22.8 Å². The van der Waals surface area contributed by atoms with Crippen LogP contribution in [0.5, 0.6) is 0 Å². The first-order chi connectivity index (χ1) is 18.1. The van der Waals surface area contributed by atoms with Crippen LogP contribution in [0.15, 0.2) is 36.4 Å². The summed E-state index contributed by atoms with van der Waals surface area (Å²) in [6.45, 7) is 2.62. The van der Waals surface area contributed by atoms with Gasteiger partial charge in [0.15, 0.2) is 5.78 Å². The van der Waals surface area contributed by atoms with Gasteiger partial charge in [-0.1, -0.05) is 36.4 Å². The molecule has 1 spiro atoms. The molecule has 2 heterocycles. The van der Waals surface area contributed by atoms with Crippen molar-refractivity contribution in [3.05, 3.63) is 64.7 Å². The van der Waals surface area contributed by atoms with Crippen LogP contribution in [0.4, 0.5) is 13.2 Å². The highest BCUT2D eigenvalue weighted by Crippen LogP contribution is 2.47. The summed E-state index contributed by atoms with van der Waals surface area (Å²) >= 11 is 0. The molecular weight excluding hydrogens is 491 g/mol. The Labute approximate surface area is 220 Å². The predicted octanol–water partition coefficient (Wildman–Crippen LogP) is 5.56. The number of aromatic nitrogens is 2. The van der Waals surface area contributed by atoms with Crippen LogP contribution < -0.4 is 0 Å². The Kier molecular flexibility index (Phi) is 6.11. The van der Waals surface area contributed by atoms with Gasteiger partial charge in [0.05, 0.1) is 17.0 Å². The number of fused-ring (bicyclic) bond motifs is 3. The molecule has 1 saturated heterocycles. The number of carbonyl (C=O) groups is 2. The summed E-state index contributed by atoms with van der Waals surface area (Å²) in [6.07, 6.45) is -0.409. The third-order valence-corrected chi connectivity index (χ3v) is 8.72. The predicted molar refractivity (Wildman–Crippen MR) is 138 cm³/mol. The summed E-state index contributed by atoms with van der Waals surface area (Å²) in [5.41, 5.74) is 3.51. The summed E-state index contributed by atoms with van der Waals surface area (Å²) in [7, 11) is 0. The Hall–Kier alpha value is -3.16. The molecule has 1 aliphatic heterocycles. The molecule has 0 saturated carbocycles. The molecule has 0 radical (unpaired) electrons. The summed E-state index contributed by atoms with van der Waals surface area (Å²) in [5.74, 6) is 0.372. The standard InChI is InChI=1S/C30H32F3N3O2/c1-19(37)35-17-29(18-35)16-22-13-20-7-2-3-8-21(20)14-23(22)24(28(29)38)15-27-34-25-9-4-5-10-26(25)36(27)12-6-11-30(31,32)33/h2-3,7-8,13-14,24H,4-6,9-12,15-18H2,1H3. The van der Waals surface area contributed by atoms with Gasteiger partial charge >= 0.3 is 6.18 Å². The van der Waals surface area contributed by atoms with E-state index in [2.05, 4.69) is 18.2 Å². The van der Waals surface area contributed by atoms with E-state index in [-0.39, 0.29) is 24.7 Å². The van der Waals surface area contributed by atoms with E-state index in [9.17, 15) is 22.8 Å². The van der Waals surface area contributed by atoms with Crippen molar-refractivity contribution in [3.8, 4) is 0 Å². The fraction of sp³-hybridized carbons (Fsp3) is 0.500. The van der Waals surface area contributed by atoms with E-state index in [0.29, 0.717) is 25.9 Å². The second kappa shape index (κ2) is 9.24. The van der Waals surface area contributed by atoms with Crippen LogP contribution in [0.3, 0.4) is 0 Å². The van der Waals surface area contributed by atoms with Crippen LogP contribution in [-0.4, -0.2) is 45.4 Å². The molecule has 6 rings (SSSR count). The minimum Gasteiger partial charge on any atom is -0.341 e. The maximum absolute atomic E-state index is 14.2. The molecule has 1 amide bonds. The molecule has 2 aromatic carbocycles. The largest absolute Gasteiger partial charge is 0.389 e. The van der Waals surface area contributed by atoms with Crippen molar-refractivity contribution in [1.29, 1.82) is 0 Å². The van der Waals surface area contributed by atoms with Gasteiger partial charge in [-0.15, -0.1) is 0 Å². The van der Waals surface area contributed by atoms with Gasteiger partial charge in [0.1, 0.15) is 5.82 Å². The van der Waals surface area contributed by atoms with Gasteiger partial charge < -0.3 is 9.47 Å². The van der Waals surface area contributed by atoms with E-state index in [1.165, 1.54) is 6.92 Å². The number of alkyl halides is 3. The highest BCUT2D eigenvalue weighted by molar-refractivity contribution is 5.98. The van der Waals surface area contributed by atoms with Gasteiger partial charge in [-0.05, 0) is 60.4 Å². The van der Waals surface area contributed by atoms with Crippen molar-refractivity contribution in [1.82, 2.24) is 14.5 Å². The number of nitrogens with zero attached hydrogens (tertiary/aromatic N) is 3. The molecule has 0 bridgehead atoms. The van der Waals surface area contributed by atoms with E-state index in [4.69, 9.17) is 4.98 Å². The van der Waals surface area contributed by atoms with Gasteiger partial charge in [0, 0.05) is 45.1 Å². The molecular formula is C30H32F3N3O2. The van der Waals surface area contributed by atoms with Crippen molar-refractivity contribution in [2.24, 2.45) is 5.41 Å². The van der Waals surface area contributed by atoms with Crippen LogP contribution in [-0.2, 0) is 41.8 Å². The number of likely N-dealkylation sites (tertiary alicyclic amines) is 1. The van der Waals surface area contributed by atoms with Crippen LogP contribution >= 0.6 is 0 Å². The lowest BCUT2D eigenvalue weighted by Gasteiger charge is -2.52. The molecule has 5 nitrogen and oxygen atoms in total. The molecule has 1 aromatic heterocycles. The molecule has 0 N–H and O–H groups in total. The van der Waals surface area contributed by atoms with E-state index in [0.717, 1.165) is 64.8 Å². The number of rotatable bonds is 5. The van der Waals surface area contributed by atoms with Crippen LogP contribution in [0.1, 0.15) is 66.9 Å². The van der Waals surface area contributed by atoms with Crippen molar-refractivity contribution < 1.29 is 22.8 Å². The fourth-order valence-electron chi connectivity index (χ4n) is 6.82. The van der Waals surface area contributed by atoms with E-state index in [1.54, 1.807) is 4.90 Å². The molecule has 3 aliphatic rings. The third kappa shape index (κ3) is 4.41. The summed E-state index contributed by atoms with van der Waals surface area (Å²) in [4.78, 5) is 32.8. The quantitative estimate of drug-likeness (QED) is 0.440. The fourth-order valence-corrected chi connectivity index (χ4v) is 6.82. The van der Waals surface area contributed by atoms with Gasteiger partial charge in [0.2, 0.25) is 5.91 Å². The molecule has 200 valence electrons. The third-order valence-electron chi connectivity index (χ3n) is 8.72. The minimum absolute atomic E-state index is 0.00333. The van der Waals surface area contributed by atoms with Crippen molar-refractivity contribution in [2.75, 3.05) is 13.1 Å². The maximum atomic E-state index is 14.2. The number of imidazole rings is 1. The summed E-state index contributed by atoms with van der Waals surface area (Å²) in [6, 6.07) is 12.4. The number of Topliss-reactive ketones (excluding diaryl/α,β-unsaturated/α-hetero) is 1. The first-order valence-electron chi connectivity index (χ1n) is 13.6. The highest BCUT2D eigenvalue weighted by atomic mass is 19.4. The first kappa shape index (κ1) is 25.1. The SMILES string of the molecule is CC(=O)N1CC2(Cc3cc4ccccc4cc3C(Cc3nc4c(n3CCCC(F)(F)F)CCCC4)C2=O)C1. The molecule has 1 unspecified atom stereocenters. The lowest BCUT2D eigenvalue weighted by atomic mass is 9.61. The second-order valence-electron chi connectivity index (χ2n) is 11.4. The van der Waals surface area contributed by atoms with Crippen molar-refractivity contribution in [2.45, 2.75) is 76.9 Å². The number of halogens is 3. The lowest BCUT2D eigenvalue weighted by molar-refractivity contribution is -0.152. The Balaban J connectivity index is 1.39. The molecule has 38 heavy (non-hydrogen) atoms. The number of aryl methyl sites for hydroxylation is 1. The molecule has 2 aliphatic carbocycles.